The van der Waals surface area contributed by atoms with Gasteiger partial charge in [0, 0.05) is 114 Å². The second kappa shape index (κ2) is 54.9. The highest BCUT2D eigenvalue weighted by Crippen LogP contribution is 2.34. The third-order valence-corrected chi connectivity index (χ3v) is 23.9. The number of anilines is 1. The van der Waals surface area contributed by atoms with Crippen LogP contribution < -0.4 is 26.2 Å². The molecule has 26 heteroatoms. The lowest BCUT2D eigenvalue weighted by Crippen LogP contribution is -2.27. The fourth-order valence-corrected chi connectivity index (χ4v) is 16.1. The molecule has 0 fully saturated rings. The van der Waals surface area contributed by atoms with E-state index >= 15 is 0 Å². The minimum absolute atomic E-state index is 0.188. The first kappa shape index (κ1) is 106. The number of hydrogen-bond acceptors (Lipinski definition) is 15. The van der Waals surface area contributed by atoms with Crippen molar-refractivity contribution in [2.24, 2.45) is 0 Å². The second-order valence-electron chi connectivity index (χ2n) is 34.1. The van der Waals surface area contributed by atoms with Gasteiger partial charge in [-0.25, -0.2) is 22.9 Å². The van der Waals surface area contributed by atoms with Gasteiger partial charge in [-0.15, -0.1) is 11.3 Å². The van der Waals surface area contributed by atoms with Gasteiger partial charge in [-0.2, -0.15) is 26.3 Å². The number of nitrogens with zero attached hydrogens (tertiary/aromatic N) is 5. The number of aliphatic carboxylic acids is 1. The summed E-state index contributed by atoms with van der Waals surface area (Å²) in [5.41, 5.74) is 18.9. The smallest absolute Gasteiger partial charge is 0.416 e. The van der Waals surface area contributed by atoms with Gasteiger partial charge in [0.15, 0.2) is 17.5 Å². The van der Waals surface area contributed by atoms with E-state index in [1.807, 2.05) is 60.4 Å². The molecule has 1 heterocycles. The molecular weight excluding hydrogens is 1750 g/mol. The molecule has 712 valence electrons. The van der Waals surface area contributed by atoms with E-state index in [0.717, 1.165) is 142 Å². The number of thioether (sulfide) groups is 1. The molecule has 0 saturated carbocycles. The molecule has 0 aliphatic rings. The van der Waals surface area contributed by atoms with E-state index in [-0.39, 0.29) is 18.0 Å². The molecule has 15 nitrogen and oxygen atoms in total. The summed E-state index contributed by atoms with van der Waals surface area (Å²) in [6, 6.07) is 74.7. The Kier molecular flexibility index (Phi) is 43.6. The van der Waals surface area contributed by atoms with Gasteiger partial charge in [0.2, 0.25) is 0 Å². The summed E-state index contributed by atoms with van der Waals surface area (Å²) in [5, 5.41) is 35.5. The first-order chi connectivity index (χ1) is 64.1. The highest BCUT2D eigenvalue weighted by atomic mass is 32.2. The topological polar surface area (TPSA) is 175 Å². The highest BCUT2D eigenvalue weighted by Gasteiger charge is 2.33. The molecule has 6 N–H and O–H groups in total. The van der Waals surface area contributed by atoms with E-state index in [2.05, 4.69) is 202 Å². The largest absolute Gasteiger partial charge is 0.481 e. The van der Waals surface area contributed by atoms with E-state index < -0.39 is 58.8 Å². The summed E-state index contributed by atoms with van der Waals surface area (Å²) in [4.78, 5) is 47.0. The zero-order chi connectivity index (χ0) is 96.5. The van der Waals surface area contributed by atoms with Crippen molar-refractivity contribution in [2.45, 2.75) is 183 Å². The van der Waals surface area contributed by atoms with Crippen molar-refractivity contribution in [3.05, 3.63) is 393 Å². The van der Waals surface area contributed by atoms with E-state index in [4.69, 9.17) is 9.84 Å². The summed E-state index contributed by atoms with van der Waals surface area (Å²) < 4.78 is 126. The Bertz CT molecular complexity index is 5520. The number of carbonyl (C=O) groups is 3. The van der Waals surface area contributed by atoms with Gasteiger partial charge in [-0.05, 0) is 248 Å². The predicted octanol–water partition coefficient (Wildman–Crippen LogP) is 24.0. The zero-order valence-electron chi connectivity index (χ0n) is 77.8. The van der Waals surface area contributed by atoms with Crippen molar-refractivity contribution in [1.82, 2.24) is 41.0 Å². The molecule has 134 heavy (non-hydrogen) atoms. The molecule has 12 aromatic rings. The van der Waals surface area contributed by atoms with E-state index in [1.165, 1.54) is 109 Å². The van der Waals surface area contributed by atoms with Crippen LogP contribution in [0.4, 0.5) is 45.2 Å². The number of ether oxygens (including phenoxy) is 1. The van der Waals surface area contributed by atoms with Crippen LogP contribution in [-0.4, -0.2) is 107 Å². The Morgan fingerprint density at radius 1 is 0.418 bits per heavy atom. The SMILES string of the molecule is Cc1ccc(CNCCCN(Cc2cc(C)cc(C(F)(F)F)c2)c2ccc(SCOC=O)cc2)cc1.Cc1ccc(CNCCCN(Cc2ccc(C(=O)O)cc2)Cc2cc(F)c(F)c(F)c2)cc1.Cc1ccc(CNCCCN(Cc2ccc(C(C)C(=O)O)cc2)Cc2cc(C)cc(C(F)(F)F)c2)cc1.Cc1ccc(CNCCCN(Cc2ccc(C)cc2)Cc2csc(C)n2)cc1. The minimum Gasteiger partial charge on any atom is -0.481 e. The van der Waals surface area contributed by atoms with E-state index in [0.29, 0.717) is 80.1 Å². The van der Waals surface area contributed by atoms with Crippen LogP contribution in [0.1, 0.15) is 171 Å². The Labute approximate surface area is 791 Å². The van der Waals surface area contributed by atoms with Crippen LogP contribution in [0.15, 0.2) is 253 Å². The summed E-state index contributed by atoms with van der Waals surface area (Å²) in [5.74, 6) is -6.16. The van der Waals surface area contributed by atoms with Gasteiger partial charge in [0.05, 0.1) is 33.3 Å². The molecule has 0 aliphatic carbocycles. The van der Waals surface area contributed by atoms with Crippen molar-refractivity contribution in [1.29, 1.82) is 0 Å². The highest BCUT2D eigenvalue weighted by molar-refractivity contribution is 7.99. The van der Waals surface area contributed by atoms with Crippen LogP contribution in [0, 0.1) is 72.8 Å². The van der Waals surface area contributed by atoms with Crippen LogP contribution in [0.5, 0.6) is 0 Å². The van der Waals surface area contributed by atoms with E-state index in [9.17, 15) is 59.0 Å². The van der Waals surface area contributed by atoms with Crippen LogP contribution in [0.25, 0.3) is 0 Å². The number of thiazole rings is 1. The molecular formula is C108H124F9N9O6S2. The summed E-state index contributed by atoms with van der Waals surface area (Å²) >= 11 is 3.13. The zero-order valence-corrected chi connectivity index (χ0v) is 79.4. The number of halogens is 9. The number of alkyl halides is 6. The molecule has 0 amide bonds. The lowest BCUT2D eigenvalue weighted by molar-refractivity contribution is -0.139. The lowest BCUT2D eigenvalue weighted by atomic mass is 10.00. The quantitative estimate of drug-likeness (QED) is 0.00530. The average molecular weight is 1880 g/mol. The minimum atomic E-state index is -4.39. The van der Waals surface area contributed by atoms with Crippen LogP contribution in [-0.2, 0) is 98.7 Å². The molecule has 0 spiro atoms. The van der Waals surface area contributed by atoms with E-state index in [1.54, 1.807) is 56.4 Å². The summed E-state index contributed by atoms with van der Waals surface area (Å²) in [7, 11) is 0. The molecule has 11 aromatic carbocycles. The number of nitrogens with one attached hydrogen (secondary N) is 4. The van der Waals surface area contributed by atoms with Gasteiger partial charge in [0.1, 0.15) is 5.94 Å². The first-order valence-corrected chi connectivity index (χ1v) is 46.9. The Morgan fingerprint density at radius 2 is 0.761 bits per heavy atom. The van der Waals surface area contributed by atoms with Gasteiger partial charge in [-0.3, -0.25) is 24.3 Å². The van der Waals surface area contributed by atoms with Crippen LogP contribution in [0.2, 0.25) is 0 Å². The third kappa shape index (κ3) is 39.0. The number of carboxylic acids is 2. The standard InChI is InChI=1S/C30H35F3N2O2.C28H31F3N2O2S.C26H27F3N2O2.C24H31N3S/c1-21-5-7-24(8-6-21)18-34-13-4-14-35(19-25-9-11-27(12-10-25)23(3)29(36)37)20-26-15-22(2)16-28(17-26)30(31,32)33;1-21-4-6-23(7-5-21)17-32-12-3-13-33(26-8-10-27(11-9-26)36-20-35-19-34)18-24-14-22(2)15-25(16-24)28(29,30)31;1-18-3-5-19(6-4-18)15-30-11-2-12-31(16-20-7-9-22(10-8-20)26(32)33)17-21-13-23(27)25(29)24(28)14-21;1-19-5-9-22(10-6-19)15-25-13-4-14-27(17-24-18-28-21(3)26-24)16-23-11-7-20(2)8-12-23/h5-12,15-17,23,34H,4,13-14,18-20H2,1-3H3,(H,36,37);4-11,14-16,19,32H,3,12-13,17-18,20H2,1-2H3;3-10,13-14,30H,2,11-12,15-17H2,1H3,(H,32,33);5-12,18,25H,4,13-17H2,1-3H3. The fourth-order valence-electron chi connectivity index (χ4n) is 14.9. The fraction of sp³-hybridized carbons (Fsp3) is 0.333. The Hall–Kier alpha value is -11.3. The Balaban J connectivity index is 0.000000202. The molecule has 0 saturated heterocycles. The maximum atomic E-state index is 13.7. The van der Waals surface area contributed by atoms with Crippen molar-refractivity contribution >= 4 is 47.2 Å². The van der Waals surface area contributed by atoms with Crippen LogP contribution in [0.3, 0.4) is 0 Å². The van der Waals surface area contributed by atoms with Crippen molar-refractivity contribution in [3.8, 4) is 0 Å². The van der Waals surface area contributed by atoms with Crippen molar-refractivity contribution in [2.75, 3.05) is 63.2 Å². The molecule has 0 radical (unpaired) electrons. The third-order valence-electron chi connectivity index (χ3n) is 22.2. The number of carbonyl (C=O) groups excluding carboxylic acids is 1. The molecule has 1 atom stereocenters. The molecule has 1 unspecified atom stereocenters. The monoisotopic (exact) mass is 1880 g/mol. The van der Waals surface area contributed by atoms with Gasteiger partial charge in [-0.1, -0.05) is 221 Å². The normalized spacial score (nSPS) is 11.6. The predicted molar refractivity (Wildman–Crippen MR) is 520 cm³/mol. The number of hydrogen-bond donors (Lipinski definition) is 6. The molecule has 12 rings (SSSR count). The number of aryl methyl sites for hydroxylation is 8. The average Bonchev–Trinajstić information content (AvgIpc) is 1.17. The second-order valence-corrected chi connectivity index (χ2v) is 36.1. The first-order valence-electron chi connectivity index (χ1n) is 45.0. The number of carboxylic acid groups (broad SMARTS) is 2. The molecule has 0 bridgehead atoms. The lowest BCUT2D eigenvalue weighted by Gasteiger charge is -2.26. The number of benzene rings is 11. The number of rotatable bonds is 46. The maximum absolute atomic E-state index is 13.7. The van der Waals surface area contributed by atoms with Crippen molar-refractivity contribution in [3.63, 3.8) is 0 Å². The summed E-state index contributed by atoms with van der Waals surface area (Å²) in [6.07, 6.45) is -5.20. The van der Waals surface area contributed by atoms with Crippen LogP contribution >= 0.6 is 23.1 Å². The molecule has 1 aromatic heterocycles. The number of aromatic carboxylic acids is 1. The van der Waals surface area contributed by atoms with Gasteiger partial charge < -0.3 is 41.1 Å². The van der Waals surface area contributed by atoms with Crippen molar-refractivity contribution < 1.29 is 68.8 Å². The Morgan fingerprint density at radius 3 is 1.12 bits per heavy atom. The molecule has 0 aliphatic heterocycles. The summed E-state index contributed by atoms with van der Waals surface area (Å²) in [6.45, 7) is 31.4. The van der Waals surface area contributed by atoms with Gasteiger partial charge >= 0.3 is 24.3 Å². The maximum Gasteiger partial charge on any atom is 0.416 e. The number of aromatic nitrogens is 1. The van der Waals surface area contributed by atoms with Gasteiger partial charge in [0.25, 0.3) is 6.47 Å².